The van der Waals surface area contributed by atoms with Gasteiger partial charge >= 0.3 is 6.09 Å². The van der Waals surface area contributed by atoms with Gasteiger partial charge in [0.2, 0.25) is 0 Å². The molecule has 4 rings (SSSR count). The lowest BCUT2D eigenvalue weighted by Gasteiger charge is -2.37. The minimum atomic E-state index is -0.613. The van der Waals surface area contributed by atoms with Gasteiger partial charge in [-0.15, -0.1) is 0 Å². The minimum Gasteiger partial charge on any atom is -0.442 e. The van der Waals surface area contributed by atoms with Crippen LogP contribution in [0.4, 0.5) is 4.79 Å². The number of carbonyl (C=O) groups is 1. The molecule has 2 aromatic carbocycles. The van der Waals surface area contributed by atoms with Gasteiger partial charge in [-0.25, -0.2) is 4.79 Å². The largest absolute Gasteiger partial charge is 0.442 e. The summed E-state index contributed by atoms with van der Waals surface area (Å²) >= 11 is 0. The molecule has 194 valence electrons. The van der Waals surface area contributed by atoms with Crippen LogP contribution in [0.3, 0.4) is 0 Å². The monoisotopic (exact) mass is 490 g/mol. The van der Waals surface area contributed by atoms with E-state index in [1.165, 1.54) is 12.8 Å². The van der Waals surface area contributed by atoms with E-state index in [0.717, 1.165) is 23.3 Å². The second kappa shape index (κ2) is 11.2. The number of carbonyl (C=O) groups excluding carboxylic acids is 1. The van der Waals surface area contributed by atoms with Gasteiger partial charge in [0.05, 0.1) is 30.4 Å². The van der Waals surface area contributed by atoms with Crippen molar-refractivity contribution >= 4 is 11.8 Å². The molecule has 0 unspecified atom stereocenters. The van der Waals surface area contributed by atoms with Crippen LogP contribution >= 0.6 is 0 Å². The summed E-state index contributed by atoms with van der Waals surface area (Å²) in [6.45, 7) is 13.0. The van der Waals surface area contributed by atoms with Gasteiger partial charge in [-0.2, -0.15) is 10.1 Å². The fourth-order valence-corrected chi connectivity index (χ4v) is 5.69. The number of nitrogens with zero attached hydrogens (tertiary/aromatic N) is 2. The third-order valence-corrected chi connectivity index (χ3v) is 7.46. The SMILES string of the molecule is CC(C)[C@@H]1CC[C@@H](C)C[C@H]1OCC1=NN(C(=O)OC(C)(C)C)[C@@H](c2ccccc2)[C@@H]1c1ccccc1. The van der Waals surface area contributed by atoms with Crippen LogP contribution in [-0.4, -0.2) is 35.1 Å². The molecule has 36 heavy (non-hydrogen) atoms. The summed E-state index contributed by atoms with van der Waals surface area (Å²) in [4.78, 5) is 13.4. The highest BCUT2D eigenvalue weighted by Crippen LogP contribution is 2.43. The zero-order chi connectivity index (χ0) is 25.9. The van der Waals surface area contributed by atoms with Crippen LogP contribution in [-0.2, 0) is 9.47 Å². The molecule has 0 aromatic heterocycles. The van der Waals surface area contributed by atoms with Crippen LogP contribution in [0.5, 0.6) is 0 Å². The van der Waals surface area contributed by atoms with E-state index < -0.39 is 11.7 Å². The van der Waals surface area contributed by atoms with E-state index in [1.807, 2.05) is 57.2 Å². The summed E-state index contributed by atoms with van der Waals surface area (Å²) in [5, 5.41) is 6.45. The molecule has 1 heterocycles. The van der Waals surface area contributed by atoms with E-state index in [0.29, 0.717) is 24.4 Å². The Bertz CT molecular complexity index is 1030. The quantitative estimate of drug-likeness (QED) is 0.419. The zero-order valence-corrected chi connectivity index (χ0v) is 22.7. The maximum absolute atomic E-state index is 13.4. The Labute approximate surface area is 216 Å². The highest BCUT2D eigenvalue weighted by atomic mass is 16.6. The van der Waals surface area contributed by atoms with Gasteiger partial charge in [0.1, 0.15) is 5.60 Å². The van der Waals surface area contributed by atoms with Crippen LogP contribution in [0.2, 0.25) is 0 Å². The molecule has 0 radical (unpaired) electrons. The lowest BCUT2D eigenvalue weighted by molar-refractivity contribution is -0.0224. The molecule has 1 saturated carbocycles. The number of hydrazone groups is 1. The molecule has 0 saturated heterocycles. The molecule has 0 spiro atoms. The number of rotatable bonds is 6. The summed E-state index contributed by atoms with van der Waals surface area (Å²) in [5.74, 6) is 1.67. The normalized spacial score (nSPS) is 26.7. The van der Waals surface area contributed by atoms with Gasteiger partial charge < -0.3 is 9.47 Å². The van der Waals surface area contributed by atoms with Gasteiger partial charge in [0.25, 0.3) is 0 Å². The van der Waals surface area contributed by atoms with Gasteiger partial charge in [0.15, 0.2) is 0 Å². The molecule has 2 aromatic rings. The van der Waals surface area contributed by atoms with Gasteiger partial charge in [-0.1, -0.05) is 87.9 Å². The summed E-state index contributed by atoms with van der Waals surface area (Å²) in [5.41, 5.74) is 2.42. The van der Waals surface area contributed by atoms with Crippen molar-refractivity contribution in [2.24, 2.45) is 22.9 Å². The Morgan fingerprint density at radius 1 is 1.00 bits per heavy atom. The molecule has 5 heteroatoms. The maximum Gasteiger partial charge on any atom is 0.431 e. The van der Waals surface area contributed by atoms with Crippen molar-refractivity contribution in [1.29, 1.82) is 0 Å². The van der Waals surface area contributed by atoms with Crippen molar-refractivity contribution < 1.29 is 14.3 Å². The van der Waals surface area contributed by atoms with Gasteiger partial charge in [-0.05, 0) is 62.5 Å². The Kier molecular flexibility index (Phi) is 8.19. The molecule has 1 aliphatic heterocycles. The van der Waals surface area contributed by atoms with E-state index in [-0.39, 0.29) is 18.1 Å². The molecule has 1 amide bonds. The van der Waals surface area contributed by atoms with Crippen molar-refractivity contribution in [1.82, 2.24) is 5.01 Å². The van der Waals surface area contributed by atoms with Crippen LogP contribution < -0.4 is 0 Å². The first-order valence-corrected chi connectivity index (χ1v) is 13.4. The Hall–Kier alpha value is -2.66. The molecule has 2 aliphatic rings. The number of hydrogen-bond donors (Lipinski definition) is 0. The Morgan fingerprint density at radius 2 is 1.61 bits per heavy atom. The second-order valence-corrected chi connectivity index (χ2v) is 11.8. The van der Waals surface area contributed by atoms with Crippen LogP contribution in [0, 0.1) is 17.8 Å². The second-order valence-electron chi connectivity index (χ2n) is 11.8. The summed E-state index contributed by atoms with van der Waals surface area (Å²) in [7, 11) is 0. The van der Waals surface area contributed by atoms with Gasteiger partial charge in [0, 0.05) is 0 Å². The molecular formula is C31H42N2O3. The highest BCUT2D eigenvalue weighted by molar-refractivity contribution is 5.96. The van der Waals surface area contributed by atoms with E-state index in [4.69, 9.17) is 14.6 Å². The molecule has 1 fully saturated rings. The number of ether oxygens (including phenoxy) is 2. The first kappa shape index (κ1) is 26.4. The van der Waals surface area contributed by atoms with Crippen molar-refractivity contribution in [2.75, 3.05) is 6.61 Å². The number of amides is 1. The van der Waals surface area contributed by atoms with Crippen molar-refractivity contribution in [3.63, 3.8) is 0 Å². The zero-order valence-electron chi connectivity index (χ0n) is 22.7. The first-order chi connectivity index (χ1) is 17.1. The lowest BCUT2D eigenvalue weighted by Crippen LogP contribution is -2.36. The third kappa shape index (κ3) is 6.18. The van der Waals surface area contributed by atoms with E-state index in [2.05, 4.69) is 45.0 Å². The maximum atomic E-state index is 13.4. The first-order valence-electron chi connectivity index (χ1n) is 13.4. The smallest absolute Gasteiger partial charge is 0.431 e. The molecule has 0 N–H and O–H groups in total. The number of hydrogen-bond acceptors (Lipinski definition) is 4. The van der Waals surface area contributed by atoms with Crippen molar-refractivity contribution in [3.05, 3.63) is 71.8 Å². The average molecular weight is 491 g/mol. The van der Waals surface area contributed by atoms with E-state index in [9.17, 15) is 4.79 Å². The topological polar surface area (TPSA) is 51.1 Å². The predicted molar refractivity (Wildman–Crippen MR) is 145 cm³/mol. The molecule has 5 atom stereocenters. The van der Waals surface area contributed by atoms with Crippen LogP contribution in [0.25, 0.3) is 0 Å². The minimum absolute atomic E-state index is 0.111. The molecule has 0 bridgehead atoms. The number of benzene rings is 2. The Morgan fingerprint density at radius 3 is 2.19 bits per heavy atom. The van der Waals surface area contributed by atoms with Crippen LogP contribution in [0.1, 0.15) is 83.9 Å². The third-order valence-electron chi connectivity index (χ3n) is 7.46. The predicted octanol–water partition coefficient (Wildman–Crippen LogP) is 7.60. The van der Waals surface area contributed by atoms with E-state index in [1.54, 1.807) is 5.01 Å². The fourth-order valence-electron chi connectivity index (χ4n) is 5.69. The lowest BCUT2D eigenvalue weighted by atomic mass is 9.75. The van der Waals surface area contributed by atoms with Crippen molar-refractivity contribution in [3.8, 4) is 0 Å². The average Bonchev–Trinajstić information content (AvgIpc) is 3.22. The van der Waals surface area contributed by atoms with Gasteiger partial charge in [-0.3, -0.25) is 0 Å². The summed E-state index contributed by atoms with van der Waals surface area (Å²) in [6, 6.07) is 20.2. The van der Waals surface area contributed by atoms with E-state index >= 15 is 0 Å². The summed E-state index contributed by atoms with van der Waals surface area (Å²) < 4.78 is 12.5. The molecule has 1 aliphatic carbocycles. The summed E-state index contributed by atoms with van der Waals surface area (Å²) in [6.07, 6.45) is 3.31. The van der Waals surface area contributed by atoms with Crippen molar-refractivity contribution in [2.45, 2.75) is 84.5 Å². The molecular weight excluding hydrogens is 448 g/mol. The fraction of sp³-hybridized carbons (Fsp3) is 0.548. The van der Waals surface area contributed by atoms with Crippen LogP contribution in [0.15, 0.2) is 65.8 Å². The standard InChI is InChI=1S/C31H42N2O3/c1-21(2)25-18-17-22(3)19-27(25)35-20-26-28(23-13-9-7-10-14-23)29(24-15-11-8-12-16-24)33(32-26)30(34)36-31(4,5)6/h7-16,21-22,25,27-29H,17-20H2,1-6H3/t22-,25+,27-,28-,29+/m1/s1. The highest BCUT2D eigenvalue weighted by Gasteiger charge is 2.44. The molecule has 5 nitrogen and oxygen atoms in total. The Balaban J connectivity index is 1.69.